The Morgan fingerprint density at radius 1 is 1.15 bits per heavy atom. The molecule has 1 aromatic carbocycles. The molecule has 2 aromatic rings. The number of aromatic nitrogens is 1. The molecule has 0 N–H and O–H groups in total. The highest BCUT2D eigenvalue weighted by molar-refractivity contribution is 5.92. The number of hydrogen-bond acceptors (Lipinski definition) is 3. The van der Waals surface area contributed by atoms with Crippen molar-refractivity contribution in [1.29, 1.82) is 0 Å². The van der Waals surface area contributed by atoms with Crippen LogP contribution in [0.3, 0.4) is 0 Å². The van der Waals surface area contributed by atoms with E-state index in [9.17, 15) is 4.79 Å². The third-order valence-electron chi connectivity index (χ3n) is 2.95. The Morgan fingerprint density at radius 3 is 2.55 bits per heavy atom. The molecule has 2 rings (SSSR count). The average molecular weight is 270 g/mol. The van der Waals surface area contributed by atoms with E-state index in [1.54, 1.807) is 30.3 Å². The van der Waals surface area contributed by atoms with Crippen molar-refractivity contribution in [2.75, 3.05) is 20.3 Å². The minimum Gasteiger partial charge on any atom is -0.383 e. The van der Waals surface area contributed by atoms with Gasteiger partial charge in [-0.2, -0.15) is 0 Å². The number of rotatable bonds is 6. The quantitative estimate of drug-likeness (QED) is 0.809. The summed E-state index contributed by atoms with van der Waals surface area (Å²) in [6.45, 7) is 1.60. The molecule has 104 valence electrons. The van der Waals surface area contributed by atoms with Gasteiger partial charge < -0.3 is 9.64 Å². The first-order chi connectivity index (χ1) is 9.81. The number of benzene rings is 1. The fraction of sp³-hybridized carbons (Fsp3) is 0.250. The van der Waals surface area contributed by atoms with E-state index in [2.05, 4.69) is 4.98 Å². The first-order valence-corrected chi connectivity index (χ1v) is 6.54. The number of methoxy groups -OCH3 is 1. The van der Waals surface area contributed by atoms with Crippen LogP contribution in [0.2, 0.25) is 0 Å². The van der Waals surface area contributed by atoms with Crippen molar-refractivity contribution >= 4 is 5.91 Å². The van der Waals surface area contributed by atoms with Gasteiger partial charge in [0, 0.05) is 26.4 Å². The molecule has 20 heavy (non-hydrogen) atoms. The van der Waals surface area contributed by atoms with E-state index in [4.69, 9.17) is 4.74 Å². The zero-order chi connectivity index (χ0) is 14.2. The molecular formula is C16H18N2O2. The van der Waals surface area contributed by atoms with Crippen molar-refractivity contribution in [3.8, 4) is 0 Å². The Labute approximate surface area is 119 Å². The topological polar surface area (TPSA) is 42.4 Å². The molecule has 1 aromatic heterocycles. The molecule has 0 aliphatic carbocycles. The lowest BCUT2D eigenvalue weighted by Crippen LogP contribution is -2.33. The van der Waals surface area contributed by atoms with Crippen LogP contribution in [0.4, 0.5) is 0 Å². The van der Waals surface area contributed by atoms with Crippen LogP contribution in [0.25, 0.3) is 0 Å². The van der Waals surface area contributed by atoms with E-state index in [1.807, 2.05) is 36.4 Å². The lowest BCUT2D eigenvalue weighted by atomic mass is 10.2. The van der Waals surface area contributed by atoms with Crippen molar-refractivity contribution in [3.05, 3.63) is 66.0 Å². The molecule has 0 aliphatic rings. The van der Waals surface area contributed by atoms with Gasteiger partial charge >= 0.3 is 0 Å². The maximum atomic E-state index is 12.5. The summed E-state index contributed by atoms with van der Waals surface area (Å²) < 4.78 is 5.08. The molecule has 4 nitrogen and oxygen atoms in total. The molecule has 0 unspecified atom stereocenters. The van der Waals surface area contributed by atoms with Crippen molar-refractivity contribution in [1.82, 2.24) is 9.88 Å². The number of ether oxygens (including phenoxy) is 1. The molecule has 1 heterocycles. The molecule has 1 amide bonds. The maximum Gasteiger partial charge on any atom is 0.272 e. The van der Waals surface area contributed by atoms with Crippen molar-refractivity contribution in [2.24, 2.45) is 0 Å². The minimum absolute atomic E-state index is 0.0773. The SMILES string of the molecule is COCCN(Cc1ccccc1)C(=O)c1ccccn1. The van der Waals surface area contributed by atoms with Crippen LogP contribution in [0.1, 0.15) is 16.1 Å². The van der Waals surface area contributed by atoms with Crippen LogP contribution in [-0.4, -0.2) is 36.1 Å². The fourth-order valence-corrected chi connectivity index (χ4v) is 1.91. The zero-order valence-electron chi connectivity index (χ0n) is 11.5. The normalized spacial score (nSPS) is 10.2. The molecule has 0 spiro atoms. The summed E-state index contributed by atoms with van der Waals surface area (Å²) in [5, 5.41) is 0. The van der Waals surface area contributed by atoms with Crippen LogP contribution in [0.5, 0.6) is 0 Å². The predicted molar refractivity (Wildman–Crippen MR) is 77.3 cm³/mol. The van der Waals surface area contributed by atoms with Gasteiger partial charge in [0.2, 0.25) is 0 Å². The number of hydrogen-bond donors (Lipinski definition) is 0. The van der Waals surface area contributed by atoms with Gasteiger partial charge in [0.25, 0.3) is 5.91 Å². The molecule has 0 saturated heterocycles. The van der Waals surface area contributed by atoms with E-state index < -0.39 is 0 Å². The largest absolute Gasteiger partial charge is 0.383 e. The van der Waals surface area contributed by atoms with Crippen LogP contribution < -0.4 is 0 Å². The Bertz CT molecular complexity index is 529. The van der Waals surface area contributed by atoms with Gasteiger partial charge in [-0.3, -0.25) is 9.78 Å². The molecule has 0 aliphatic heterocycles. The average Bonchev–Trinajstić information content (AvgIpc) is 2.52. The summed E-state index contributed by atoms with van der Waals surface area (Å²) in [4.78, 5) is 18.3. The minimum atomic E-state index is -0.0773. The molecule has 0 saturated carbocycles. The lowest BCUT2D eigenvalue weighted by molar-refractivity contribution is 0.0674. The highest BCUT2D eigenvalue weighted by Gasteiger charge is 2.16. The Balaban J connectivity index is 2.13. The monoisotopic (exact) mass is 270 g/mol. The summed E-state index contributed by atoms with van der Waals surface area (Å²) in [6.07, 6.45) is 1.63. The van der Waals surface area contributed by atoms with Crippen molar-refractivity contribution in [3.63, 3.8) is 0 Å². The summed E-state index contributed by atoms with van der Waals surface area (Å²) in [6, 6.07) is 15.3. The first kappa shape index (κ1) is 14.2. The third-order valence-corrected chi connectivity index (χ3v) is 2.95. The predicted octanol–water partition coefficient (Wildman–Crippen LogP) is 2.37. The van der Waals surface area contributed by atoms with E-state index in [1.165, 1.54) is 0 Å². The first-order valence-electron chi connectivity index (χ1n) is 6.54. The number of amides is 1. The smallest absolute Gasteiger partial charge is 0.272 e. The summed E-state index contributed by atoms with van der Waals surface area (Å²) in [5.41, 5.74) is 1.55. The van der Waals surface area contributed by atoms with Gasteiger partial charge in [-0.1, -0.05) is 36.4 Å². The second-order valence-electron chi connectivity index (χ2n) is 4.42. The number of pyridine rings is 1. The Hall–Kier alpha value is -2.20. The van der Waals surface area contributed by atoms with Crippen LogP contribution in [0.15, 0.2) is 54.7 Å². The van der Waals surface area contributed by atoms with Crippen LogP contribution in [0, 0.1) is 0 Å². The van der Waals surface area contributed by atoms with Gasteiger partial charge in [0.05, 0.1) is 6.61 Å². The highest BCUT2D eigenvalue weighted by Crippen LogP contribution is 2.08. The Morgan fingerprint density at radius 2 is 1.90 bits per heavy atom. The highest BCUT2D eigenvalue weighted by atomic mass is 16.5. The summed E-state index contributed by atoms with van der Waals surface area (Å²) in [7, 11) is 1.63. The van der Waals surface area contributed by atoms with E-state index in [0.717, 1.165) is 5.56 Å². The van der Waals surface area contributed by atoms with Gasteiger partial charge in [-0.15, -0.1) is 0 Å². The van der Waals surface area contributed by atoms with Gasteiger partial charge in [-0.25, -0.2) is 0 Å². The van der Waals surface area contributed by atoms with Gasteiger partial charge in [-0.05, 0) is 17.7 Å². The lowest BCUT2D eigenvalue weighted by Gasteiger charge is -2.22. The number of carbonyl (C=O) groups excluding carboxylic acids is 1. The van der Waals surface area contributed by atoms with E-state index in [-0.39, 0.29) is 5.91 Å². The molecule has 0 fully saturated rings. The molecule has 0 atom stereocenters. The molecule has 4 heteroatoms. The second-order valence-corrected chi connectivity index (χ2v) is 4.42. The molecule has 0 bridgehead atoms. The standard InChI is InChI=1S/C16H18N2O2/c1-20-12-11-18(13-14-7-3-2-4-8-14)16(19)15-9-5-6-10-17-15/h2-10H,11-13H2,1H3. The summed E-state index contributed by atoms with van der Waals surface area (Å²) >= 11 is 0. The molecular weight excluding hydrogens is 252 g/mol. The second kappa shape index (κ2) is 7.40. The number of nitrogens with zero attached hydrogens (tertiary/aromatic N) is 2. The van der Waals surface area contributed by atoms with Gasteiger partial charge in [0.1, 0.15) is 5.69 Å². The van der Waals surface area contributed by atoms with Crippen molar-refractivity contribution in [2.45, 2.75) is 6.54 Å². The number of carbonyl (C=O) groups is 1. The maximum absolute atomic E-state index is 12.5. The summed E-state index contributed by atoms with van der Waals surface area (Å²) in [5.74, 6) is -0.0773. The van der Waals surface area contributed by atoms with Crippen LogP contribution in [-0.2, 0) is 11.3 Å². The zero-order valence-corrected chi connectivity index (χ0v) is 11.5. The Kier molecular flexibility index (Phi) is 5.26. The molecule has 0 radical (unpaired) electrons. The van der Waals surface area contributed by atoms with E-state index >= 15 is 0 Å². The van der Waals surface area contributed by atoms with E-state index in [0.29, 0.717) is 25.4 Å². The fourth-order valence-electron chi connectivity index (χ4n) is 1.91. The third kappa shape index (κ3) is 3.90. The van der Waals surface area contributed by atoms with Crippen molar-refractivity contribution < 1.29 is 9.53 Å². The van der Waals surface area contributed by atoms with Gasteiger partial charge in [0.15, 0.2) is 0 Å². The van der Waals surface area contributed by atoms with Crippen LogP contribution >= 0.6 is 0 Å².